The highest BCUT2D eigenvalue weighted by Gasteiger charge is 2.14. The minimum absolute atomic E-state index is 0.0963. The van der Waals surface area contributed by atoms with Crippen molar-refractivity contribution in [3.8, 4) is 0 Å². The Balaban J connectivity index is 2.80. The van der Waals surface area contributed by atoms with Crippen LogP contribution in [-0.2, 0) is 0 Å². The predicted octanol–water partition coefficient (Wildman–Crippen LogP) is 2.46. The molecule has 0 amide bonds. The van der Waals surface area contributed by atoms with Gasteiger partial charge in [0.25, 0.3) is 6.43 Å². The zero-order chi connectivity index (χ0) is 11.0. The third-order valence-corrected chi connectivity index (χ3v) is 2.17. The Bertz CT molecular complexity index is 511. The largest absolute Gasteiger partial charge is 0.383 e. The molecule has 5 heteroatoms. The number of fused-ring (bicyclic) bond motifs is 1. The average molecular weight is 209 g/mol. The summed E-state index contributed by atoms with van der Waals surface area (Å²) >= 11 is 0. The van der Waals surface area contributed by atoms with Gasteiger partial charge in [-0.3, -0.25) is 0 Å². The van der Waals surface area contributed by atoms with Gasteiger partial charge < -0.3 is 5.73 Å². The summed E-state index contributed by atoms with van der Waals surface area (Å²) in [7, 11) is 0. The molecule has 2 N–H and O–H groups in total. The summed E-state index contributed by atoms with van der Waals surface area (Å²) in [6.45, 7) is 1.80. The number of alkyl halides is 2. The summed E-state index contributed by atoms with van der Waals surface area (Å²) in [5, 5.41) is 0.611. The lowest BCUT2D eigenvalue weighted by Gasteiger charge is -2.06. The molecule has 1 heterocycles. The molecule has 0 saturated carbocycles. The number of rotatable bonds is 1. The van der Waals surface area contributed by atoms with E-state index in [1.54, 1.807) is 25.1 Å². The lowest BCUT2D eigenvalue weighted by molar-refractivity contribution is 0.141. The molecule has 1 aromatic carbocycles. The zero-order valence-electron chi connectivity index (χ0n) is 8.04. The summed E-state index contributed by atoms with van der Waals surface area (Å²) in [6, 6.07) is 5.30. The van der Waals surface area contributed by atoms with Crippen molar-refractivity contribution in [3.05, 3.63) is 29.6 Å². The Morgan fingerprint density at radius 3 is 2.67 bits per heavy atom. The van der Waals surface area contributed by atoms with Crippen molar-refractivity contribution in [1.29, 1.82) is 0 Å². The predicted molar refractivity (Wildman–Crippen MR) is 53.6 cm³/mol. The van der Waals surface area contributed by atoms with Gasteiger partial charge in [-0.25, -0.2) is 18.7 Å². The molecule has 0 aliphatic rings. The van der Waals surface area contributed by atoms with Gasteiger partial charge in [0.05, 0.1) is 5.52 Å². The summed E-state index contributed by atoms with van der Waals surface area (Å²) in [4.78, 5) is 7.35. The highest BCUT2D eigenvalue weighted by molar-refractivity contribution is 5.90. The SMILES string of the molecule is Cc1cccc2c(N)nc(C(F)F)nc12. The van der Waals surface area contributed by atoms with Crippen LogP contribution >= 0.6 is 0 Å². The van der Waals surface area contributed by atoms with Gasteiger partial charge in [-0.1, -0.05) is 12.1 Å². The van der Waals surface area contributed by atoms with E-state index in [0.717, 1.165) is 5.56 Å². The number of nitrogens with zero attached hydrogens (tertiary/aromatic N) is 2. The Labute approximate surface area is 85.0 Å². The molecular weight excluding hydrogens is 200 g/mol. The van der Waals surface area contributed by atoms with Crippen molar-refractivity contribution >= 4 is 16.7 Å². The number of nitrogen functional groups attached to an aromatic ring is 1. The minimum Gasteiger partial charge on any atom is -0.383 e. The Hall–Kier alpha value is -1.78. The molecule has 0 unspecified atom stereocenters. The van der Waals surface area contributed by atoms with Crippen LogP contribution in [0.4, 0.5) is 14.6 Å². The third kappa shape index (κ3) is 1.60. The van der Waals surface area contributed by atoms with Crippen LogP contribution in [0.25, 0.3) is 10.9 Å². The summed E-state index contributed by atoms with van der Waals surface area (Å²) in [5.74, 6) is -0.423. The molecule has 0 aliphatic heterocycles. The lowest BCUT2D eigenvalue weighted by atomic mass is 10.1. The molecule has 0 bridgehead atoms. The fourth-order valence-electron chi connectivity index (χ4n) is 1.43. The fourth-order valence-corrected chi connectivity index (χ4v) is 1.43. The molecule has 0 aliphatic carbocycles. The highest BCUT2D eigenvalue weighted by atomic mass is 19.3. The molecule has 0 radical (unpaired) electrons. The monoisotopic (exact) mass is 209 g/mol. The molecule has 0 spiro atoms. The third-order valence-electron chi connectivity index (χ3n) is 2.17. The molecule has 0 fully saturated rings. The van der Waals surface area contributed by atoms with Crippen LogP contribution in [0, 0.1) is 6.92 Å². The van der Waals surface area contributed by atoms with Crippen molar-refractivity contribution in [2.75, 3.05) is 5.73 Å². The van der Waals surface area contributed by atoms with Crippen LogP contribution in [0.15, 0.2) is 18.2 Å². The number of para-hydroxylation sites is 1. The van der Waals surface area contributed by atoms with Crippen LogP contribution < -0.4 is 5.73 Å². The normalized spacial score (nSPS) is 11.2. The van der Waals surface area contributed by atoms with Crippen molar-refractivity contribution in [2.24, 2.45) is 0 Å². The number of anilines is 1. The smallest absolute Gasteiger partial charge is 0.297 e. The van der Waals surface area contributed by atoms with E-state index in [0.29, 0.717) is 10.9 Å². The number of nitrogens with two attached hydrogens (primary N) is 1. The highest BCUT2D eigenvalue weighted by Crippen LogP contribution is 2.24. The topological polar surface area (TPSA) is 51.8 Å². The Morgan fingerprint density at radius 2 is 2.00 bits per heavy atom. The quantitative estimate of drug-likeness (QED) is 0.784. The second-order valence-corrected chi connectivity index (χ2v) is 3.24. The van der Waals surface area contributed by atoms with E-state index < -0.39 is 12.2 Å². The van der Waals surface area contributed by atoms with Gasteiger partial charge in [-0.05, 0) is 18.6 Å². The lowest BCUT2D eigenvalue weighted by Crippen LogP contribution is -2.02. The first-order valence-corrected chi connectivity index (χ1v) is 4.40. The standard InChI is InChI=1S/C10H9F2N3/c1-5-3-2-4-6-7(5)14-10(8(11)12)15-9(6)13/h2-4,8H,1H3,(H2,13,14,15). The van der Waals surface area contributed by atoms with Crippen molar-refractivity contribution in [1.82, 2.24) is 9.97 Å². The molecule has 15 heavy (non-hydrogen) atoms. The van der Waals surface area contributed by atoms with Crippen LogP contribution in [0.1, 0.15) is 17.8 Å². The number of aromatic nitrogens is 2. The van der Waals surface area contributed by atoms with Gasteiger partial charge in [-0.2, -0.15) is 0 Å². The van der Waals surface area contributed by atoms with Gasteiger partial charge in [0.1, 0.15) is 5.82 Å². The van der Waals surface area contributed by atoms with Crippen molar-refractivity contribution in [2.45, 2.75) is 13.3 Å². The summed E-state index contributed by atoms with van der Waals surface area (Å²) in [6.07, 6.45) is -2.70. The first kappa shape index (κ1) is 9.76. The maximum absolute atomic E-state index is 12.4. The average Bonchev–Trinajstić information content (AvgIpc) is 2.19. The molecule has 1 aromatic heterocycles. The first-order chi connectivity index (χ1) is 7.09. The molecule has 78 valence electrons. The summed E-state index contributed by atoms with van der Waals surface area (Å²) in [5.41, 5.74) is 6.87. The maximum Gasteiger partial charge on any atom is 0.297 e. The zero-order valence-corrected chi connectivity index (χ0v) is 8.04. The number of benzene rings is 1. The van der Waals surface area contributed by atoms with E-state index in [1.807, 2.05) is 0 Å². The minimum atomic E-state index is -2.70. The van der Waals surface area contributed by atoms with E-state index >= 15 is 0 Å². The molecule has 2 aromatic rings. The number of hydrogen-bond acceptors (Lipinski definition) is 3. The van der Waals surface area contributed by atoms with Gasteiger partial charge in [0.15, 0.2) is 5.82 Å². The van der Waals surface area contributed by atoms with Crippen molar-refractivity contribution in [3.63, 3.8) is 0 Å². The molecule has 0 atom stereocenters. The van der Waals surface area contributed by atoms with Gasteiger partial charge in [0.2, 0.25) is 0 Å². The van der Waals surface area contributed by atoms with Gasteiger partial charge in [0, 0.05) is 5.39 Å². The van der Waals surface area contributed by atoms with Gasteiger partial charge >= 0.3 is 0 Å². The van der Waals surface area contributed by atoms with Crippen molar-refractivity contribution < 1.29 is 8.78 Å². The van der Waals surface area contributed by atoms with E-state index in [4.69, 9.17) is 5.73 Å². The fraction of sp³-hybridized carbons (Fsp3) is 0.200. The molecular formula is C10H9F2N3. The number of hydrogen-bond donors (Lipinski definition) is 1. The maximum atomic E-state index is 12.4. The van der Waals surface area contributed by atoms with Crippen LogP contribution in [0.5, 0.6) is 0 Å². The first-order valence-electron chi connectivity index (χ1n) is 4.40. The molecule has 0 saturated heterocycles. The van der Waals surface area contributed by atoms with E-state index in [9.17, 15) is 8.78 Å². The Morgan fingerprint density at radius 1 is 1.27 bits per heavy atom. The van der Waals surface area contributed by atoms with E-state index in [-0.39, 0.29) is 5.82 Å². The van der Waals surface area contributed by atoms with Crippen LogP contribution in [0.3, 0.4) is 0 Å². The van der Waals surface area contributed by atoms with E-state index in [1.165, 1.54) is 0 Å². The Kier molecular flexibility index (Phi) is 2.22. The molecule has 3 nitrogen and oxygen atoms in total. The molecule has 2 rings (SSSR count). The van der Waals surface area contributed by atoms with Gasteiger partial charge in [-0.15, -0.1) is 0 Å². The van der Waals surface area contributed by atoms with Crippen LogP contribution in [-0.4, -0.2) is 9.97 Å². The second kappa shape index (κ2) is 3.42. The second-order valence-electron chi connectivity index (χ2n) is 3.24. The van der Waals surface area contributed by atoms with E-state index in [2.05, 4.69) is 9.97 Å². The summed E-state index contributed by atoms with van der Waals surface area (Å²) < 4.78 is 24.9. The number of aryl methyl sites for hydroxylation is 1. The van der Waals surface area contributed by atoms with Crippen LogP contribution in [0.2, 0.25) is 0 Å². The number of halogens is 2.